The highest BCUT2D eigenvalue weighted by molar-refractivity contribution is 6.44. The second-order valence-corrected chi connectivity index (χ2v) is 5.29. The topological polar surface area (TPSA) is 56.4 Å². The number of likely N-dealkylation sites (N-methyl/N-ethyl adjacent to an activating group) is 1. The van der Waals surface area contributed by atoms with Gasteiger partial charge < -0.3 is 14.8 Å². The summed E-state index contributed by atoms with van der Waals surface area (Å²) < 4.78 is 13.6. The number of H-pyrrole nitrogens is 1. The maximum atomic E-state index is 13.6. The molecular formula is C15H16FN3O2. The predicted molar refractivity (Wildman–Crippen MR) is 76.7 cm³/mol. The van der Waals surface area contributed by atoms with Crippen LogP contribution < -0.4 is 0 Å². The third-order valence-electron chi connectivity index (χ3n) is 3.89. The highest BCUT2D eigenvalue weighted by Crippen LogP contribution is 2.21. The summed E-state index contributed by atoms with van der Waals surface area (Å²) in [6.07, 6.45) is 1.41. The van der Waals surface area contributed by atoms with E-state index < -0.39 is 17.5 Å². The number of carbonyl (C=O) groups is 2. The molecule has 1 N–H and O–H groups in total. The van der Waals surface area contributed by atoms with Crippen LogP contribution in [-0.4, -0.2) is 59.7 Å². The van der Waals surface area contributed by atoms with Crippen molar-refractivity contribution in [1.82, 2.24) is 14.8 Å². The molecule has 0 radical (unpaired) electrons. The number of ketones is 1. The van der Waals surface area contributed by atoms with Crippen molar-refractivity contribution in [3.63, 3.8) is 0 Å². The number of rotatable bonds is 2. The summed E-state index contributed by atoms with van der Waals surface area (Å²) >= 11 is 0. The van der Waals surface area contributed by atoms with E-state index in [0.717, 1.165) is 13.1 Å². The van der Waals surface area contributed by atoms with Gasteiger partial charge in [-0.05, 0) is 13.1 Å². The Balaban J connectivity index is 1.87. The Hall–Kier alpha value is -2.21. The quantitative estimate of drug-likeness (QED) is 0.669. The number of hydrogen-bond donors (Lipinski definition) is 1. The lowest BCUT2D eigenvalue weighted by Gasteiger charge is -2.31. The standard InChI is InChI=1S/C15H16FN3O2/c1-18-5-7-19(8-6-18)15(21)14(20)11-9-17-13-10(11)3-2-4-12(13)16/h2-4,9,17H,5-8H2,1H3. The van der Waals surface area contributed by atoms with Gasteiger partial charge in [-0.1, -0.05) is 12.1 Å². The van der Waals surface area contributed by atoms with Crippen LogP contribution in [0.5, 0.6) is 0 Å². The summed E-state index contributed by atoms with van der Waals surface area (Å²) in [7, 11) is 1.98. The number of hydrogen-bond acceptors (Lipinski definition) is 3. The summed E-state index contributed by atoms with van der Waals surface area (Å²) in [4.78, 5) is 31.0. The van der Waals surface area contributed by atoms with Gasteiger partial charge in [-0.15, -0.1) is 0 Å². The Morgan fingerprint density at radius 2 is 1.90 bits per heavy atom. The number of carbonyl (C=O) groups excluding carboxylic acids is 2. The number of benzene rings is 1. The van der Waals surface area contributed by atoms with Gasteiger partial charge in [0, 0.05) is 37.8 Å². The average Bonchev–Trinajstić information content (AvgIpc) is 2.92. The number of nitrogens with zero attached hydrogens (tertiary/aromatic N) is 2. The number of Topliss-reactive ketones (excluding diaryl/α,β-unsaturated/α-hetero) is 1. The molecule has 1 aliphatic heterocycles. The maximum absolute atomic E-state index is 13.6. The fourth-order valence-corrected chi connectivity index (χ4v) is 2.57. The first-order chi connectivity index (χ1) is 10.1. The highest BCUT2D eigenvalue weighted by Gasteiger charge is 2.27. The minimum atomic E-state index is -0.587. The number of amides is 1. The monoisotopic (exact) mass is 289 g/mol. The van der Waals surface area contributed by atoms with Gasteiger partial charge in [0.2, 0.25) is 0 Å². The van der Waals surface area contributed by atoms with Crippen molar-refractivity contribution in [1.29, 1.82) is 0 Å². The molecule has 0 unspecified atom stereocenters. The number of fused-ring (bicyclic) bond motifs is 1. The number of nitrogens with one attached hydrogen (secondary N) is 1. The van der Waals surface area contributed by atoms with Crippen molar-refractivity contribution in [3.8, 4) is 0 Å². The Morgan fingerprint density at radius 3 is 2.62 bits per heavy atom. The third-order valence-corrected chi connectivity index (χ3v) is 3.89. The minimum Gasteiger partial charge on any atom is -0.358 e. The molecule has 0 saturated carbocycles. The van der Waals surface area contributed by atoms with E-state index in [1.54, 1.807) is 11.0 Å². The summed E-state index contributed by atoms with van der Waals surface area (Å²) in [6, 6.07) is 4.48. The van der Waals surface area contributed by atoms with Crippen molar-refractivity contribution < 1.29 is 14.0 Å². The molecule has 1 aliphatic rings. The molecule has 1 saturated heterocycles. The molecule has 1 aromatic carbocycles. The summed E-state index contributed by atoms with van der Waals surface area (Å²) in [5.41, 5.74) is 0.487. The van der Waals surface area contributed by atoms with Crippen LogP contribution in [0.2, 0.25) is 0 Å². The van der Waals surface area contributed by atoms with Crippen LogP contribution in [0.4, 0.5) is 4.39 Å². The molecule has 2 aromatic rings. The Kier molecular flexibility index (Phi) is 3.47. The normalized spacial score (nSPS) is 16.4. The molecule has 0 spiro atoms. The van der Waals surface area contributed by atoms with Crippen molar-refractivity contribution in [2.45, 2.75) is 0 Å². The molecule has 0 atom stereocenters. The van der Waals surface area contributed by atoms with Crippen LogP contribution in [-0.2, 0) is 4.79 Å². The Labute approximate surface area is 121 Å². The Morgan fingerprint density at radius 1 is 1.19 bits per heavy atom. The maximum Gasteiger partial charge on any atom is 0.295 e. The zero-order chi connectivity index (χ0) is 15.0. The molecular weight excluding hydrogens is 273 g/mol. The second-order valence-electron chi connectivity index (χ2n) is 5.29. The van der Waals surface area contributed by atoms with Crippen LogP contribution in [0.3, 0.4) is 0 Å². The molecule has 2 heterocycles. The lowest BCUT2D eigenvalue weighted by atomic mass is 10.1. The number of para-hydroxylation sites is 1. The van der Waals surface area contributed by atoms with Gasteiger partial charge in [0.15, 0.2) is 0 Å². The van der Waals surface area contributed by atoms with Crippen LogP contribution in [0.25, 0.3) is 10.9 Å². The van der Waals surface area contributed by atoms with Crippen molar-refractivity contribution in [2.75, 3.05) is 33.2 Å². The fraction of sp³-hybridized carbons (Fsp3) is 0.333. The molecule has 110 valence electrons. The van der Waals surface area contributed by atoms with Gasteiger partial charge in [-0.2, -0.15) is 0 Å². The van der Waals surface area contributed by atoms with E-state index in [9.17, 15) is 14.0 Å². The molecule has 21 heavy (non-hydrogen) atoms. The van der Waals surface area contributed by atoms with Gasteiger partial charge in [-0.3, -0.25) is 9.59 Å². The van der Waals surface area contributed by atoms with Gasteiger partial charge in [0.05, 0.1) is 11.1 Å². The predicted octanol–water partition coefficient (Wildman–Crippen LogP) is 1.26. The van der Waals surface area contributed by atoms with Crippen LogP contribution in [0.15, 0.2) is 24.4 Å². The highest BCUT2D eigenvalue weighted by atomic mass is 19.1. The van der Waals surface area contributed by atoms with Crippen molar-refractivity contribution in [3.05, 3.63) is 35.8 Å². The van der Waals surface area contributed by atoms with Crippen LogP contribution in [0.1, 0.15) is 10.4 Å². The van der Waals surface area contributed by atoms with E-state index in [0.29, 0.717) is 18.5 Å². The smallest absolute Gasteiger partial charge is 0.295 e. The van der Waals surface area contributed by atoms with E-state index in [4.69, 9.17) is 0 Å². The summed E-state index contributed by atoms with van der Waals surface area (Å²) in [5.74, 6) is -1.54. The molecule has 3 rings (SSSR count). The van der Waals surface area contributed by atoms with Crippen molar-refractivity contribution in [2.24, 2.45) is 0 Å². The van der Waals surface area contributed by atoms with Crippen LogP contribution in [0, 0.1) is 5.82 Å². The molecule has 0 aliphatic carbocycles. The summed E-state index contributed by atoms with van der Waals surface area (Å²) in [5, 5.41) is 0.447. The molecule has 1 fully saturated rings. The molecule has 0 bridgehead atoms. The van der Waals surface area contributed by atoms with E-state index >= 15 is 0 Å². The molecule has 5 nitrogen and oxygen atoms in total. The SMILES string of the molecule is CN1CCN(C(=O)C(=O)c2c[nH]c3c(F)cccc23)CC1. The zero-order valence-corrected chi connectivity index (χ0v) is 11.7. The number of aromatic nitrogens is 1. The van der Waals surface area contributed by atoms with Gasteiger partial charge in [-0.25, -0.2) is 4.39 Å². The minimum absolute atomic E-state index is 0.230. The van der Waals surface area contributed by atoms with Crippen LogP contribution >= 0.6 is 0 Å². The molecule has 1 amide bonds. The zero-order valence-electron chi connectivity index (χ0n) is 11.7. The van der Waals surface area contributed by atoms with E-state index in [2.05, 4.69) is 9.88 Å². The number of aromatic amines is 1. The first-order valence-corrected chi connectivity index (χ1v) is 6.85. The Bertz CT molecular complexity index is 702. The first kappa shape index (κ1) is 13.8. The van der Waals surface area contributed by atoms with E-state index in [-0.39, 0.29) is 11.1 Å². The third kappa shape index (κ3) is 2.42. The fourth-order valence-electron chi connectivity index (χ4n) is 2.57. The van der Waals surface area contributed by atoms with E-state index in [1.165, 1.54) is 18.3 Å². The van der Waals surface area contributed by atoms with Crippen molar-refractivity contribution >= 4 is 22.6 Å². The number of halogens is 1. The lowest BCUT2D eigenvalue weighted by Crippen LogP contribution is -2.49. The lowest BCUT2D eigenvalue weighted by molar-refractivity contribution is -0.127. The first-order valence-electron chi connectivity index (χ1n) is 6.85. The van der Waals surface area contributed by atoms with Gasteiger partial charge >= 0.3 is 0 Å². The largest absolute Gasteiger partial charge is 0.358 e. The van der Waals surface area contributed by atoms with Gasteiger partial charge in [0.25, 0.3) is 11.7 Å². The molecule has 1 aromatic heterocycles. The van der Waals surface area contributed by atoms with E-state index in [1.807, 2.05) is 7.05 Å². The summed E-state index contributed by atoms with van der Waals surface area (Å²) in [6.45, 7) is 2.58. The molecule has 6 heteroatoms. The number of piperazine rings is 1. The second kappa shape index (κ2) is 5.29. The van der Waals surface area contributed by atoms with Gasteiger partial charge in [0.1, 0.15) is 5.82 Å². The average molecular weight is 289 g/mol.